The minimum Gasteiger partial charge on any atom is -0.431 e. The van der Waals surface area contributed by atoms with E-state index in [-0.39, 0.29) is 5.56 Å². The van der Waals surface area contributed by atoms with Crippen LogP contribution in [0.25, 0.3) is 0 Å². The second-order valence-electron chi connectivity index (χ2n) is 7.68. The summed E-state index contributed by atoms with van der Waals surface area (Å²) in [7, 11) is 0. The van der Waals surface area contributed by atoms with Crippen molar-refractivity contribution in [3.05, 3.63) is 89.2 Å². The molecule has 1 aliphatic heterocycles. The molecule has 9 heteroatoms. The van der Waals surface area contributed by atoms with E-state index in [0.29, 0.717) is 22.2 Å². The number of hydrogen-bond donors (Lipinski definition) is 3. The molecule has 1 heterocycles. The largest absolute Gasteiger partial charge is 0.431 e. The molecule has 0 spiro atoms. The highest BCUT2D eigenvalue weighted by molar-refractivity contribution is 6.30. The number of benzene rings is 3. The zero-order valence-corrected chi connectivity index (χ0v) is 18.8. The van der Waals surface area contributed by atoms with Gasteiger partial charge in [-0.05, 0) is 61.0 Å². The quantitative estimate of drug-likeness (QED) is 0.404. The molecule has 3 aromatic carbocycles. The molecule has 7 nitrogen and oxygen atoms in total. The maximum Gasteiger partial charge on any atom is 0.412 e. The Morgan fingerprint density at radius 3 is 2.26 bits per heavy atom. The fourth-order valence-electron chi connectivity index (χ4n) is 3.63. The lowest BCUT2D eigenvalue weighted by Crippen LogP contribution is -2.28. The summed E-state index contributed by atoms with van der Waals surface area (Å²) in [5.41, 5.74) is 1.63. The lowest BCUT2D eigenvalue weighted by molar-refractivity contribution is -0.124. The number of anilines is 3. The van der Waals surface area contributed by atoms with Crippen molar-refractivity contribution in [2.45, 2.75) is 18.9 Å². The molecule has 0 aromatic heterocycles. The predicted molar refractivity (Wildman–Crippen MR) is 130 cm³/mol. The number of hydrogen-bond acceptors (Lipinski definition) is 4. The summed E-state index contributed by atoms with van der Waals surface area (Å²) in [5.74, 6) is -0.834. The molecule has 1 saturated heterocycles. The van der Waals surface area contributed by atoms with E-state index in [0.717, 1.165) is 25.1 Å². The van der Waals surface area contributed by atoms with Gasteiger partial charge in [0.1, 0.15) is 11.7 Å². The Balaban J connectivity index is 1.49. The maximum atomic E-state index is 14.5. The third-order valence-electron chi connectivity index (χ3n) is 5.31. The second kappa shape index (κ2) is 10.4. The van der Waals surface area contributed by atoms with Gasteiger partial charge in [0.2, 0.25) is 6.10 Å². The summed E-state index contributed by atoms with van der Waals surface area (Å²) < 4.78 is 19.8. The first-order chi connectivity index (χ1) is 16.4. The molecule has 1 atom stereocenters. The Morgan fingerprint density at radius 1 is 0.971 bits per heavy atom. The number of rotatable bonds is 6. The van der Waals surface area contributed by atoms with Crippen LogP contribution in [0, 0.1) is 11.2 Å². The van der Waals surface area contributed by atoms with E-state index in [2.05, 4.69) is 10.6 Å². The van der Waals surface area contributed by atoms with Gasteiger partial charge in [0.15, 0.2) is 0 Å². The van der Waals surface area contributed by atoms with Gasteiger partial charge < -0.3 is 15.0 Å². The Bertz CT molecular complexity index is 1200. The molecule has 0 aliphatic carbocycles. The lowest BCUT2D eigenvalue weighted by Gasteiger charge is -2.20. The fraction of sp³-hybridized carbons (Fsp3) is 0.160. The molecule has 1 fully saturated rings. The van der Waals surface area contributed by atoms with Crippen molar-refractivity contribution >= 4 is 46.5 Å². The molecule has 0 bridgehead atoms. The molecular weight excluding hydrogens is 459 g/mol. The van der Waals surface area contributed by atoms with Crippen LogP contribution in [-0.4, -0.2) is 24.4 Å². The average molecular weight is 481 g/mol. The summed E-state index contributed by atoms with van der Waals surface area (Å²) in [4.78, 5) is 27.4. The molecule has 3 N–H and O–H groups in total. The SMILES string of the molecule is N=C1CCCN1c1ccc(NC(=O)[C@H](OC(=O)Nc2ccc(Cl)cc2)c2ccccc2F)cc1. The third kappa shape index (κ3) is 5.52. The van der Waals surface area contributed by atoms with Crippen molar-refractivity contribution in [2.24, 2.45) is 0 Å². The molecule has 0 unspecified atom stereocenters. The van der Waals surface area contributed by atoms with Crippen molar-refractivity contribution in [3.63, 3.8) is 0 Å². The van der Waals surface area contributed by atoms with Gasteiger partial charge in [0.05, 0.1) is 0 Å². The minimum absolute atomic E-state index is 0.0756. The summed E-state index contributed by atoms with van der Waals surface area (Å²) in [5, 5.41) is 13.7. The summed E-state index contributed by atoms with van der Waals surface area (Å²) in [6.45, 7) is 0.774. The molecule has 34 heavy (non-hydrogen) atoms. The zero-order chi connectivity index (χ0) is 24.1. The van der Waals surface area contributed by atoms with E-state index in [1.54, 1.807) is 54.6 Å². The first-order valence-electron chi connectivity index (χ1n) is 10.6. The summed E-state index contributed by atoms with van der Waals surface area (Å²) in [6, 6.07) is 18.9. The van der Waals surface area contributed by atoms with Gasteiger partial charge in [-0.15, -0.1) is 0 Å². The molecule has 0 radical (unpaired) electrons. The molecule has 0 saturated carbocycles. The first-order valence-corrected chi connectivity index (χ1v) is 11.0. The van der Waals surface area contributed by atoms with E-state index in [1.807, 2.05) is 4.90 Å². The predicted octanol–water partition coefficient (Wildman–Crippen LogP) is 5.99. The van der Waals surface area contributed by atoms with Gasteiger partial charge in [-0.3, -0.25) is 15.5 Å². The smallest absolute Gasteiger partial charge is 0.412 e. The number of halogens is 2. The Hall–Kier alpha value is -3.91. The van der Waals surface area contributed by atoms with Crippen molar-refractivity contribution in [1.29, 1.82) is 5.41 Å². The van der Waals surface area contributed by atoms with Crippen molar-refractivity contribution in [2.75, 3.05) is 22.1 Å². The van der Waals surface area contributed by atoms with Crippen LogP contribution in [0.5, 0.6) is 0 Å². The number of carbonyl (C=O) groups excluding carboxylic acids is 2. The van der Waals surface area contributed by atoms with Crippen LogP contribution in [0.2, 0.25) is 5.02 Å². The van der Waals surface area contributed by atoms with Crippen LogP contribution in [0.1, 0.15) is 24.5 Å². The van der Waals surface area contributed by atoms with Crippen molar-refractivity contribution in [3.8, 4) is 0 Å². The fourth-order valence-corrected chi connectivity index (χ4v) is 3.75. The number of amidine groups is 1. The number of nitrogens with zero attached hydrogens (tertiary/aromatic N) is 1. The highest BCUT2D eigenvalue weighted by Crippen LogP contribution is 2.26. The number of amides is 2. The van der Waals surface area contributed by atoms with Gasteiger partial charge in [0.25, 0.3) is 5.91 Å². The number of nitrogens with one attached hydrogen (secondary N) is 3. The molecule has 1 aliphatic rings. The van der Waals surface area contributed by atoms with Gasteiger partial charge in [0, 0.05) is 40.6 Å². The van der Waals surface area contributed by atoms with E-state index in [9.17, 15) is 14.0 Å². The van der Waals surface area contributed by atoms with Gasteiger partial charge in [-0.2, -0.15) is 0 Å². The van der Waals surface area contributed by atoms with E-state index >= 15 is 0 Å². The monoisotopic (exact) mass is 480 g/mol. The van der Waals surface area contributed by atoms with Crippen LogP contribution in [0.15, 0.2) is 72.8 Å². The first kappa shape index (κ1) is 23.3. The molecule has 4 rings (SSSR count). The van der Waals surface area contributed by atoms with E-state index in [4.69, 9.17) is 21.7 Å². The second-order valence-corrected chi connectivity index (χ2v) is 8.11. The normalized spacial score (nSPS) is 13.9. The van der Waals surface area contributed by atoms with Crippen LogP contribution in [-0.2, 0) is 9.53 Å². The van der Waals surface area contributed by atoms with Crippen LogP contribution in [0.4, 0.5) is 26.2 Å². The maximum absolute atomic E-state index is 14.5. The Kier molecular flexibility index (Phi) is 7.08. The Labute approximate surface area is 201 Å². The van der Waals surface area contributed by atoms with Crippen LogP contribution >= 0.6 is 11.6 Å². The Morgan fingerprint density at radius 2 is 1.62 bits per heavy atom. The topological polar surface area (TPSA) is 94.5 Å². The lowest BCUT2D eigenvalue weighted by atomic mass is 10.1. The minimum atomic E-state index is -1.53. The molecular formula is C25H22ClFN4O3. The van der Waals surface area contributed by atoms with Crippen LogP contribution < -0.4 is 15.5 Å². The third-order valence-corrected chi connectivity index (χ3v) is 5.56. The number of ether oxygens (including phenoxy) is 1. The van der Waals surface area contributed by atoms with Crippen molar-refractivity contribution in [1.82, 2.24) is 0 Å². The molecule has 174 valence electrons. The summed E-state index contributed by atoms with van der Waals surface area (Å²) >= 11 is 5.85. The standard InChI is InChI=1S/C25H22ClFN4O3/c26-16-7-9-18(10-8-16)30-25(33)34-23(20-4-1-2-5-21(20)27)24(32)29-17-11-13-19(14-12-17)31-15-3-6-22(31)28/h1-2,4-5,7-14,23,28H,3,6,15H2,(H,29,32)(H,30,33)/t23-/m1/s1. The summed E-state index contributed by atoms with van der Waals surface area (Å²) in [6.07, 6.45) is -0.788. The number of carbonyl (C=O) groups is 2. The van der Waals surface area contributed by atoms with Crippen LogP contribution in [0.3, 0.4) is 0 Å². The van der Waals surface area contributed by atoms with Gasteiger partial charge in [-0.25, -0.2) is 9.18 Å². The highest BCUT2D eigenvalue weighted by Gasteiger charge is 2.28. The zero-order valence-electron chi connectivity index (χ0n) is 18.1. The van der Waals surface area contributed by atoms with Gasteiger partial charge >= 0.3 is 6.09 Å². The molecule has 3 aromatic rings. The highest BCUT2D eigenvalue weighted by atomic mass is 35.5. The average Bonchev–Trinajstić information content (AvgIpc) is 3.26. The van der Waals surface area contributed by atoms with Crippen molar-refractivity contribution < 1.29 is 18.7 Å². The van der Waals surface area contributed by atoms with Gasteiger partial charge in [-0.1, -0.05) is 29.8 Å². The van der Waals surface area contributed by atoms with E-state index < -0.39 is 23.9 Å². The molecule has 2 amide bonds. The van der Waals surface area contributed by atoms with E-state index in [1.165, 1.54) is 18.2 Å².